The fourth-order valence-corrected chi connectivity index (χ4v) is 0.305. The van der Waals surface area contributed by atoms with Crippen molar-refractivity contribution in [2.45, 2.75) is 13.3 Å². The summed E-state index contributed by atoms with van der Waals surface area (Å²) in [5.41, 5.74) is 6.35. The highest BCUT2D eigenvalue weighted by Gasteiger charge is 1.87. The SMILES string of the molecule is CCCOC(=S)N=N. The Labute approximate surface area is 53.5 Å². The quantitative estimate of drug-likeness (QED) is 0.459. The van der Waals surface area contributed by atoms with Gasteiger partial charge in [-0.2, -0.15) is 0 Å². The van der Waals surface area contributed by atoms with Crippen molar-refractivity contribution in [3.63, 3.8) is 0 Å². The van der Waals surface area contributed by atoms with Gasteiger partial charge in [-0.15, -0.1) is 5.11 Å². The van der Waals surface area contributed by atoms with E-state index >= 15 is 0 Å². The second-order valence-corrected chi connectivity index (χ2v) is 1.58. The highest BCUT2D eigenvalue weighted by atomic mass is 32.1. The van der Waals surface area contributed by atoms with E-state index in [9.17, 15) is 0 Å². The average molecular weight is 132 g/mol. The number of ether oxygens (including phenoxy) is 1. The molecule has 0 aliphatic rings. The summed E-state index contributed by atoms with van der Waals surface area (Å²) in [7, 11) is 0. The second kappa shape index (κ2) is 4.64. The van der Waals surface area contributed by atoms with E-state index in [-0.39, 0.29) is 5.17 Å². The van der Waals surface area contributed by atoms with Gasteiger partial charge in [-0.1, -0.05) is 6.92 Å². The smallest absolute Gasteiger partial charge is 0.301 e. The highest BCUT2D eigenvalue weighted by molar-refractivity contribution is 7.80. The molecular formula is C4H8N2OS. The molecular weight excluding hydrogens is 124 g/mol. The summed E-state index contributed by atoms with van der Waals surface area (Å²) in [5, 5.41) is 2.91. The van der Waals surface area contributed by atoms with Crippen LogP contribution in [0.1, 0.15) is 13.3 Å². The minimum absolute atomic E-state index is 0.0202. The molecule has 46 valence electrons. The number of hydrogen-bond acceptors (Lipinski definition) is 3. The van der Waals surface area contributed by atoms with Crippen LogP contribution in [0.5, 0.6) is 0 Å². The molecule has 0 aliphatic carbocycles. The lowest BCUT2D eigenvalue weighted by Gasteiger charge is -1.95. The predicted octanol–water partition coefficient (Wildman–Crippen LogP) is 1.73. The molecule has 0 saturated heterocycles. The summed E-state index contributed by atoms with van der Waals surface area (Å²) in [6.07, 6.45) is 0.898. The molecule has 0 fully saturated rings. The Balaban J connectivity index is 3.11. The first-order valence-corrected chi connectivity index (χ1v) is 2.76. The highest BCUT2D eigenvalue weighted by Crippen LogP contribution is 1.84. The molecule has 3 nitrogen and oxygen atoms in total. The number of nitrogens with one attached hydrogen (secondary N) is 1. The Hall–Kier alpha value is -0.510. The third-order valence-electron chi connectivity index (χ3n) is 0.521. The van der Waals surface area contributed by atoms with E-state index in [1.807, 2.05) is 6.92 Å². The van der Waals surface area contributed by atoms with Gasteiger partial charge >= 0.3 is 5.17 Å². The Morgan fingerprint density at radius 1 is 1.88 bits per heavy atom. The first kappa shape index (κ1) is 7.49. The van der Waals surface area contributed by atoms with Crippen molar-refractivity contribution in [2.75, 3.05) is 6.61 Å². The van der Waals surface area contributed by atoms with E-state index in [1.165, 1.54) is 0 Å². The molecule has 0 bridgehead atoms. The molecule has 0 radical (unpaired) electrons. The Morgan fingerprint density at radius 3 is 2.88 bits per heavy atom. The van der Waals surface area contributed by atoms with Gasteiger partial charge in [-0.25, -0.2) is 5.53 Å². The molecule has 0 unspecified atom stereocenters. The molecule has 0 aliphatic heterocycles. The largest absolute Gasteiger partial charge is 0.468 e. The molecule has 0 spiro atoms. The summed E-state index contributed by atoms with van der Waals surface area (Å²) >= 11 is 4.44. The average Bonchev–Trinajstić information content (AvgIpc) is 1.83. The van der Waals surface area contributed by atoms with Gasteiger partial charge in [0.05, 0.1) is 6.61 Å². The van der Waals surface area contributed by atoms with Crippen LogP contribution < -0.4 is 0 Å². The topological polar surface area (TPSA) is 45.4 Å². The fourth-order valence-electron chi connectivity index (χ4n) is 0.222. The van der Waals surface area contributed by atoms with Crippen LogP contribution in [0.25, 0.3) is 0 Å². The lowest BCUT2D eigenvalue weighted by atomic mass is 10.5. The van der Waals surface area contributed by atoms with Crippen LogP contribution in [0.15, 0.2) is 5.11 Å². The monoisotopic (exact) mass is 132 g/mol. The maximum Gasteiger partial charge on any atom is 0.301 e. The summed E-state index contributed by atoms with van der Waals surface area (Å²) in [5.74, 6) is 0. The summed E-state index contributed by atoms with van der Waals surface area (Å²) in [6, 6.07) is 0. The zero-order valence-corrected chi connectivity index (χ0v) is 5.49. The molecule has 8 heavy (non-hydrogen) atoms. The van der Waals surface area contributed by atoms with Crippen molar-refractivity contribution >= 4 is 17.4 Å². The van der Waals surface area contributed by atoms with Crippen LogP contribution in [0.2, 0.25) is 0 Å². The first-order chi connectivity index (χ1) is 3.81. The van der Waals surface area contributed by atoms with E-state index in [0.717, 1.165) is 6.42 Å². The van der Waals surface area contributed by atoms with E-state index in [1.54, 1.807) is 0 Å². The van der Waals surface area contributed by atoms with Crippen LogP contribution in [0, 0.1) is 5.53 Å². The van der Waals surface area contributed by atoms with E-state index < -0.39 is 0 Å². The summed E-state index contributed by atoms with van der Waals surface area (Å²) < 4.78 is 4.72. The van der Waals surface area contributed by atoms with Crippen molar-refractivity contribution in [2.24, 2.45) is 5.11 Å². The third-order valence-corrected chi connectivity index (χ3v) is 0.730. The molecule has 0 amide bonds. The van der Waals surface area contributed by atoms with Crippen LogP contribution in [0.4, 0.5) is 0 Å². The van der Waals surface area contributed by atoms with E-state index in [4.69, 9.17) is 10.3 Å². The maximum absolute atomic E-state index is 6.35. The zero-order chi connectivity index (χ0) is 6.41. The van der Waals surface area contributed by atoms with Crippen LogP contribution in [-0.4, -0.2) is 11.8 Å². The molecule has 0 atom stereocenters. The lowest BCUT2D eigenvalue weighted by molar-refractivity contribution is 0.306. The minimum Gasteiger partial charge on any atom is -0.468 e. The molecule has 0 aromatic carbocycles. The number of nitrogens with zero attached hydrogens (tertiary/aromatic N) is 1. The van der Waals surface area contributed by atoms with Crippen LogP contribution in [-0.2, 0) is 4.74 Å². The fraction of sp³-hybridized carbons (Fsp3) is 0.750. The molecule has 1 N–H and O–H groups in total. The number of rotatable bonds is 2. The van der Waals surface area contributed by atoms with Crippen molar-refractivity contribution in [3.8, 4) is 0 Å². The molecule has 0 rings (SSSR count). The molecule has 0 saturated carbocycles. The van der Waals surface area contributed by atoms with Crippen LogP contribution >= 0.6 is 12.2 Å². The van der Waals surface area contributed by atoms with Gasteiger partial charge in [-0.3, -0.25) is 0 Å². The third kappa shape index (κ3) is 3.67. The van der Waals surface area contributed by atoms with E-state index in [0.29, 0.717) is 6.61 Å². The van der Waals surface area contributed by atoms with Crippen molar-refractivity contribution in [3.05, 3.63) is 0 Å². The van der Waals surface area contributed by atoms with Gasteiger partial charge in [0, 0.05) is 0 Å². The minimum atomic E-state index is 0.0202. The van der Waals surface area contributed by atoms with Gasteiger partial charge in [0.25, 0.3) is 0 Å². The first-order valence-electron chi connectivity index (χ1n) is 2.35. The Bertz CT molecular complexity index is 94.0. The van der Waals surface area contributed by atoms with Crippen molar-refractivity contribution < 1.29 is 4.74 Å². The van der Waals surface area contributed by atoms with E-state index in [2.05, 4.69) is 17.3 Å². The predicted molar refractivity (Wildman–Crippen MR) is 34.0 cm³/mol. The second-order valence-electron chi connectivity index (χ2n) is 1.23. The summed E-state index contributed by atoms with van der Waals surface area (Å²) in [6.45, 7) is 2.52. The van der Waals surface area contributed by atoms with Gasteiger partial charge in [0.15, 0.2) is 0 Å². The maximum atomic E-state index is 6.35. The molecule has 4 heteroatoms. The summed E-state index contributed by atoms with van der Waals surface area (Å²) in [4.78, 5) is 0. The van der Waals surface area contributed by atoms with Gasteiger partial charge < -0.3 is 4.74 Å². The van der Waals surface area contributed by atoms with Gasteiger partial charge in [0.1, 0.15) is 0 Å². The lowest BCUT2D eigenvalue weighted by Crippen LogP contribution is -1.97. The van der Waals surface area contributed by atoms with Crippen LogP contribution in [0.3, 0.4) is 0 Å². The van der Waals surface area contributed by atoms with Crippen molar-refractivity contribution in [1.82, 2.24) is 0 Å². The Kier molecular flexibility index (Phi) is 4.35. The number of thiocarbonyl (C=S) groups is 1. The van der Waals surface area contributed by atoms with Gasteiger partial charge in [-0.05, 0) is 18.6 Å². The van der Waals surface area contributed by atoms with Crippen molar-refractivity contribution in [1.29, 1.82) is 5.53 Å². The van der Waals surface area contributed by atoms with Gasteiger partial charge in [0.2, 0.25) is 0 Å². The zero-order valence-electron chi connectivity index (χ0n) is 4.68. The Morgan fingerprint density at radius 2 is 2.50 bits per heavy atom. The standard InChI is InChI=1S/C4H8N2OS/c1-2-3-7-4(8)6-5/h5H,2-3H2,1H3. The molecule has 0 aromatic rings. The number of hydrogen-bond donors (Lipinski definition) is 1. The molecule has 0 heterocycles. The normalized spacial score (nSPS) is 8.12. The molecule has 0 aromatic heterocycles.